The number of aryl methyl sites for hydroxylation is 1. The van der Waals surface area contributed by atoms with E-state index in [9.17, 15) is 19.2 Å². The Morgan fingerprint density at radius 1 is 1.35 bits per heavy atom. The predicted octanol–water partition coefficient (Wildman–Crippen LogP) is 1.56. The van der Waals surface area contributed by atoms with Gasteiger partial charge in [-0.3, -0.25) is 9.59 Å². The zero-order chi connectivity index (χ0) is 19.3. The summed E-state index contributed by atoms with van der Waals surface area (Å²) >= 11 is 0. The zero-order valence-electron chi connectivity index (χ0n) is 14.3. The molecule has 4 amide bonds. The third kappa shape index (κ3) is 4.41. The smallest absolute Gasteiger partial charge is 0.415 e. The van der Waals surface area contributed by atoms with Gasteiger partial charge in [-0.15, -0.1) is 0 Å². The predicted molar refractivity (Wildman–Crippen MR) is 90.2 cm³/mol. The second-order valence-electron chi connectivity index (χ2n) is 5.43. The SMILES string of the molecule is CCOC(=O)NC(=O)Nc1cc2c(cc1OC)NC(=O)C(C(=O)O)CC2. The molecule has 2 rings (SSSR count). The van der Waals surface area contributed by atoms with E-state index in [0.717, 1.165) is 0 Å². The van der Waals surface area contributed by atoms with Gasteiger partial charge in [0.05, 0.1) is 19.4 Å². The number of urea groups is 1. The zero-order valence-corrected chi connectivity index (χ0v) is 14.3. The number of alkyl carbamates (subject to hydrolysis) is 1. The van der Waals surface area contributed by atoms with E-state index in [1.54, 1.807) is 13.0 Å². The van der Waals surface area contributed by atoms with Crippen LogP contribution in [0, 0.1) is 5.92 Å². The van der Waals surface area contributed by atoms with E-state index in [1.807, 2.05) is 5.32 Å². The van der Waals surface area contributed by atoms with E-state index in [0.29, 0.717) is 17.7 Å². The molecule has 10 heteroatoms. The number of hydrogen-bond donors (Lipinski definition) is 4. The van der Waals surface area contributed by atoms with Crippen LogP contribution in [0.2, 0.25) is 0 Å². The number of imide groups is 1. The summed E-state index contributed by atoms with van der Waals surface area (Å²) in [5.41, 5.74) is 1.30. The number of benzene rings is 1. The van der Waals surface area contributed by atoms with Crippen LogP contribution in [0.25, 0.3) is 0 Å². The molecule has 0 fully saturated rings. The first-order valence-corrected chi connectivity index (χ1v) is 7.85. The number of aliphatic carboxylic acids is 1. The molecule has 4 N–H and O–H groups in total. The maximum atomic E-state index is 12.0. The highest BCUT2D eigenvalue weighted by atomic mass is 16.5. The van der Waals surface area contributed by atoms with E-state index in [1.165, 1.54) is 13.2 Å². The van der Waals surface area contributed by atoms with Gasteiger partial charge in [0.15, 0.2) is 0 Å². The average molecular weight is 365 g/mol. The molecule has 0 aliphatic carbocycles. The second kappa shape index (κ2) is 8.19. The van der Waals surface area contributed by atoms with Crippen molar-refractivity contribution in [3.8, 4) is 5.75 Å². The van der Waals surface area contributed by atoms with E-state index in [2.05, 4.69) is 15.4 Å². The molecule has 0 radical (unpaired) electrons. The van der Waals surface area contributed by atoms with Crippen LogP contribution < -0.4 is 20.7 Å². The third-order valence-electron chi connectivity index (χ3n) is 3.74. The van der Waals surface area contributed by atoms with Crippen molar-refractivity contribution in [3.63, 3.8) is 0 Å². The fraction of sp³-hybridized carbons (Fsp3) is 0.375. The molecule has 26 heavy (non-hydrogen) atoms. The van der Waals surface area contributed by atoms with E-state index in [-0.39, 0.29) is 24.5 Å². The Balaban J connectivity index is 2.23. The van der Waals surface area contributed by atoms with Gasteiger partial charge in [-0.05, 0) is 31.4 Å². The monoisotopic (exact) mass is 365 g/mol. The minimum Gasteiger partial charge on any atom is -0.494 e. The van der Waals surface area contributed by atoms with Gasteiger partial charge in [-0.25, -0.2) is 14.9 Å². The molecule has 1 aromatic rings. The summed E-state index contributed by atoms with van der Waals surface area (Å²) in [5.74, 6) is -2.73. The number of carboxylic acids is 1. The van der Waals surface area contributed by atoms with Gasteiger partial charge in [0.25, 0.3) is 0 Å². The number of carbonyl (C=O) groups excluding carboxylic acids is 3. The van der Waals surface area contributed by atoms with Crippen LogP contribution in [0.15, 0.2) is 12.1 Å². The normalized spacial score (nSPS) is 15.8. The van der Waals surface area contributed by atoms with Gasteiger partial charge in [0, 0.05) is 11.8 Å². The lowest BCUT2D eigenvalue weighted by molar-refractivity contribution is -0.145. The number of ether oxygens (including phenoxy) is 2. The topological polar surface area (TPSA) is 143 Å². The molecular weight excluding hydrogens is 346 g/mol. The maximum absolute atomic E-state index is 12.0. The van der Waals surface area contributed by atoms with E-state index < -0.39 is 29.9 Å². The van der Waals surface area contributed by atoms with E-state index >= 15 is 0 Å². The number of carbonyl (C=O) groups is 4. The highest BCUT2D eigenvalue weighted by molar-refractivity contribution is 6.06. The second-order valence-corrected chi connectivity index (χ2v) is 5.43. The van der Waals surface area contributed by atoms with Crippen LogP contribution >= 0.6 is 0 Å². The fourth-order valence-corrected chi connectivity index (χ4v) is 2.51. The number of anilines is 2. The number of rotatable bonds is 4. The van der Waals surface area contributed by atoms with Gasteiger partial charge >= 0.3 is 18.1 Å². The maximum Gasteiger partial charge on any atom is 0.415 e. The van der Waals surface area contributed by atoms with Crippen molar-refractivity contribution >= 4 is 35.4 Å². The first kappa shape index (κ1) is 19.0. The number of amides is 4. The Kier molecular flexibility index (Phi) is 5.99. The quantitative estimate of drug-likeness (QED) is 0.593. The first-order chi connectivity index (χ1) is 12.3. The molecule has 0 aromatic heterocycles. The van der Waals surface area contributed by atoms with Crippen molar-refractivity contribution < 1.29 is 33.8 Å². The third-order valence-corrected chi connectivity index (χ3v) is 3.74. The van der Waals surface area contributed by atoms with Crippen molar-refractivity contribution in [1.82, 2.24) is 5.32 Å². The molecule has 0 saturated carbocycles. The van der Waals surface area contributed by atoms with Crippen LogP contribution in [0.3, 0.4) is 0 Å². The van der Waals surface area contributed by atoms with Gasteiger partial charge < -0.3 is 25.2 Å². The summed E-state index contributed by atoms with van der Waals surface area (Å²) in [4.78, 5) is 46.3. The molecule has 1 aromatic carbocycles. The number of methoxy groups -OCH3 is 1. The molecule has 1 aliphatic heterocycles. The summed E-state index contributed by atoms with van der Waals surface area (Å²) in [6.45, 7) is 1.72. The Bertz CT molecular complexity index is 748. The molecular formula is C16H19N3O7. The number of fused-ring (bicyclic) bond motifs is 1. The highest BCUT2D eigenvalue weighted by Crippen LogP contribution is 2.34. The van der Waals surface area contributed by atoms with Crippen LogP contribution in [0.5, 0.6) is 5.75 Å². The van der Waals surface area contributed by atoms with Crippen LogP contribution in [0.4, 0.5) is 21.0 Å². The lowest BCUT2D eigenvalue weighted by Gasteiger charge is -2.15. The first-order valence-electron chi connectivity index (χ1n) is 7.85. The summed E-state index contributed by atoms with van der Waals surface area (Å²) < 4.78 is 9.80. The molecule has 1 aliphatic rings. The minimum atomic E-state index is -1.20. The number of carboxylic acid groups (broad SMARTS) is 1. The molecule has 1 atom stereocenters. The lowest BCUT2D eigenvalue weighted by atomic mass is 10.0. The minimum absolute atomic E-state index is 0.117. The van der Waals surface area contributed by atoms with Gasteiger partial charge in [-0.1, -0.05) is 0 Å². The molecule has 1 heterocycles. The van der Waals surface area contributed by atoms with Crippen molar-refractivity contribution in [2.75, 3.05) is 24.4 Å². The molecule has 140 valence electrons. The van der Waals surface area contributed by atoms with Crippen molar-refractivity contribution in [2.45, 2.75) is 19.8 Å². The highest BCUT2D eigenvalue weighted by Gasteiger charge is 2.30. The number of hydrogen-bond acceptors (Lipinski definition) is 6. The largest absolute Gasteiger partial charge is 0.494 e. The van der Waals surface area contributed by atoms with Crippen LogP contribution in [0.1, 0.15) is 18.9 Å². The lowest BCUT2D eigenvalue weighted by Crippen LogP contribution is -2.34. The molecule has 1 unspecified atom stereocenters. The van der Waals surface area contributed by atoms with Crippen LogP contribution in [-0.2, 0) is 20.7 Å². The Hall–Kier alpha value is -3.30. The Labute approximate surface area is 148 Å². The van der Waals surface area contributed by atoms with E-state index in [4.69, 9.17) is 9.84 Å². The Morgan fingerprint density at radius 2 is 2.08 bits per heavy atom. The molecule has 0 saturated heterocycles. The number of nitrogens with one attached hydrogen (secondary N) is 3. The fourth-order valence-electron chi connectivity index (χ4n) is 2.51. The van der Waals surface area contributed by atoms with Crippen molar-refractivity contribution in [2.24, 2.45) is 5.92 Å². The standard InChI is InChI=1S/C16H19N3O7/c1-3-26-16(24)19-15(23)18-11-6-8-4-5-9(14(21)22)13(20)17-10(8)7-12(11)25-2/h6-7,9H,3-5H2,1-2H3,(H,17,20)(H,21,22)(H2,18,19,23,24). The Morgan fingerprint density at radius 3 is 2.69 bits per heavy atom. The summed E-state index contributed by atoms with van der Waals surface area (Å²) in [7, 11) is 1.37. The summed E-state index contributed by atoms with van der Waals surface area (Å²) in [6, 6.07) is 2.23. The summed E-state index contributed by atoms with van der Waals surface area (Å²) in [6.07, 6.45) is -0.465. The molecule has 0 spiro atoms. The molecule has 0 bridgehead atoms. The van der Waals surface area contributed by atoms with Gasteiger partial charge in [0.1, 0.15) is 11.7 Å². The average Bonchev–Trinajstić information content (AvgIpc) is 2.72. The van der Waals surface area contributed by atoms with Gasteiger partial charge in [0.2, 0.25) is 5.91 Å². The van der Waals surface area contributed by atoms with Crippen LogP contribution in [-0.4, -0.2) is 42.8 Å². The summed E-state index contributed by atoms with van der Waals surface area (Å²) in [5, 5.41) is 16.1. The molecule has 10 nitrogen and oxygen atoms in total. The van der Waals surface area contributed by atoms with Gasteiger partial charge in [-0.2, -0.15) is 0 Å². The van der Waals surface area contributed by atoms with Crippen molar-refractivity contribution in [3.05, 3.63) is 17.7 Å². The van der Waals surface area contributed by atoms with Crippen molar-refractivity contribution in [1.29, 1.82) is 0 Å².